The molecule has 1 N–H and O–H groups in total. The van der Waals surface area contributed by atoms with E-state index in [-0.39, 0.29) is 5.56 Å². The summed E-state index contributed by atoms with van der Waals surface area (Å²) in [6.07, 6.45) is 0. The Kier molecular flexibility index (Phi) is 1.57. The van der Waals surface area contributed by atoms with Crippen molar-refractivity contribution in [3.8, 4) is 5.75 Å². The van der Waals surface area contributed by atoms with Crippen LogP contribution in [0.5, 0.6) is 5.75 Å². The van der Waals surface area contributed by atoms with Crippen molar-refractivity contribution in [1.82, 2.24) is 0 Å². The molecule has 10 heavy (non-hydrogen) atoms. The fraction of sp³-hybridized carbons (Fsp3) is 0. The second-order valence-corrected chi connectivity index (χ2v) is 1.91. The van der Waals surface area contributed by atoms with E-state index in [0.717, 1.165) is 12.1 Å². The van der Waals surface area contributed by atoms with Crippen LogP contribution >= 0.6 is 0 Å². The number of benzene rings is 1. The minimum atomic E-state index is -0.981. The lowest BCUT2D eigenvalue weighted by atomic mass is 10.2. The minimum absolute atomic E-state index is 0.202. The van der Waals surface area contributed by atoms with E-state index in [1.807, 2.05) is 0 Å². The quantitative estimate of drug-likeness (QED) is 0.587. The number of phenolic OH excluding ortho intramolecular Hbond substituents is 1. The van der Waals surface area contributed by atoms with Gasteiger partial charge in [-0.15, -0.1) is 0 Å². The van der Waals surface area contributed by atoms with Gasteiger partial charge in [-0.25, -0.2) is 8.78 Å². The van der Waals surface area contributed by atoms with Crippen molar-refractivity contribution in [1.29, 1.82) is 0 Å². The van der Waals surface area contributed by atoms with Gasteiger partial charge in [0.05, 0.1) is 0 Å². The maximum absolute atomic E-state index is 12.3. The predicted molar refractivity (Wildman–Crippen MR) is 32.5 cm³/mol. The van der Waals surface area contributed by atoms with Crippen molar-refractivity contribution in [3.63, 3.8) is 0 Å². The van der Waals surface area contributed by atoms with Crippen LogP contribution in [0, 0.1) is 18.6 Å². The monoisotopic (exact) mass is 143 g/mol. The predicted octanol–water partition coefficient (Wildman–Crippen LogP) is 1.85. The molecule has 0 aliphatic rings. The number of hydrogen-bond acceptors (Lipinski definition) is 1. The number of aromatic hydroxyl groups is 1. The summed E-state index contributed by atoms with van der Waals surface area (Å²) in [6, 6.07) is 1.91. The molecule has 1 radical (unpaired) electrons. The van der Waals surface area contributed by atoms with Crippen molar-refractivity contribution >= 4 is 0 Å². The lowest BCUT2D eigenvalue weighted by Gasteiger charge is -1.97. The van der Waals surface area contributed by atoms with Crippen LogP contribution in [-0.2, 0) is 0 Å². The van der Waals surface area contributed by atoms with E-state index in [9.17, 15) is 8.78 Å². The molecule has 0 atom stereocenters. The third kappa shape index (κ3) is 1.07. The van der Waals surface area contributed by atoms with Crippen LogP contribution in [-0.4, -0.2) is 5.11 Å². The summed E-state index contributed by atoms with van der Waals surface area (Å²) in [5, 5.41) is 8.55. The molecule has 0 spiro atoms. The molecule has 0 aromatic heterocycles. The average molecular weight is 143 g/mol. The largest absolute Gasteiger partial charge is 0.503 e. The van der Waals surface area contributed by atoms with Gasteiger partial charge >= 0.3 is 0 Å². The fourth-order valence-electron chi connectivity index (χ4n) is 0.618. The Hall–Kier alpha value is -1.12. The highest BCUT2D eigenvalue weighted by atomic mass is 19.1. The molecule has 1 rings (SSSR count). The van der Waals surface area contributed by atoms with Gasteiger partial charge in [0.1, 0.15) is 0 Å². The van der Waals surface area contributed by atoms with Crippen molar-refractivity contribution in [2.75, 3.05) is 0 Å². The first-order chi connectivity index (χ1) is 4.61. The van der Waals surface area contributed by atoms with Crippen molar-refractivity contribution in [2.45, 2.75) is 0 Å². The van der Waals surface area contributed by atoms with Gasteiger partial charge in [-0.1, -0.05) is 0 Å². The number of halogens is 2. The summed E-state index contributed by atoms with van der Waals surface area (Å²) in [5.74, 6) is -2.91. The Morgan fingerprint density at radius 2 is 1.60 bits per heavy atom. The molecule has 0 fully saturated rings. The van der Waals surface area contributed by atoms with Crippen LogP contribution in [0.25, 0.3) is 0 Å². The normalized spacial score (nSPS) is 9.90. The zero-order valence-electron chi connectivity index (χ0n) is 5.06. The van der Waals surface area contributed by atoms with Gasteiger partial charge in [-0.3, -0.25) is 0 Å². The highest BCUT2D eigenvalue weighted by molar-refractivity contribution is 5.31. The number of rotatable bonds is 0. The smallest absolute Gasteiger partial charge is 0.187 e. The molecule has 0 aliphatic heterocycles. The Labute approximate surface area is 56.9 Å². The molecule has 0 bridgehead atoms. The first-order valence-electron chi connectivity index (χ1n) is 2.61. The standard InChI is InChI=1S/C7H5F2O/c1-4-2-5(8)7(10)6(9)3-4/h2-3,10H,1H2. The number of phenols is 1. The summed E-state index contributed by atoms with van der Waals surface area (Å²) in [5.41, 5.74) is 0.202. The van der Waals surface area contributed by atoms with Crippen molar-refractivity contribution in [3.05, 3.63) is 36.3 Å². The molecule has 0 unspecified atom stereocenters. The summed E-state index contributed by atoms with van der Waals surface area (Å²) in [6.45, 7) is 3.29. The van der Waals surface area contributed by atoms with E-state index >= 15 is 0 Å². The van der Waals surface area contributed by atoms with Crippen LogP contribution in [0.15, 0.2) is 12.1 Å². The summed E-state index contributed by atoms with van der Waals surface area (Å²) < 4.78 is 24.6. The highest BCUT2D eigenvalue weighted by Crippen LogP contribution is 2.20. The van der Waals surface area contributed by atoms with Gasteiger partial charge in [-0.05, 0) is 24.6 Å². The maximum atomic E-state index is 12.3. The molecular formula is C7H5F2O. The summed E-state index contributed by atoms with van der Waals surface area (Å²) >= 11 is 0. The zero-order chi connectivity index (χ0) is 7.72. The lowest BCUT2D eigenvalue weighted by Crippen LogP contribution is -1.83. The third-order valence-corrected chi connectivity index (χ3v) is 1.08. The van der Waals surface area contributed by atoms with Crippen molar-refractivity contribution in [2.24, 2.45) is 0 Å². The Balaban J connectivity index is 3.31. The SMILES string of the molecule is [CH2]c1cc(F)c(O)c(F)c1. The molecule has 53 valence electrons. The molecular weight excluding hydrogens is 138 g/mol. The van der Waals surface area contributed by atoms with Gasteiger partial charge in [0.15, 0.2) is 17.4 Å². The Morgan fingerprint density at radius 1 is 1.20 bits per heavy atom. The average Bonchev–Trinajstić information content (AvgIpc) is 1.82. The fourth-order valence-corrected chi connectivity index (χ4v) is 0.618. The van der Waals surface area contributed by atoms with Crippen molar-refractivity contribution < 1.29 is 13.9 Å². The molecule has 1 nitrogen and oxygen atoms in total. The second-order valence-electron chi connectivity index (χ2n) is 1.91. The van der Waals surface area contributed by atoms with Gasteiger partial charge < -0.3 is 5.11 Å². The molecule has 0 heterocycles. The van der Waals surface area contributed by atoms with Gasteiger partial charge in [0, 0.05) is 0 Å². The molecule has 0 amide bonds. The number of hydrogen-bond donors (Lipinski definition) is 1. The topological polar surface area (TPSA) is 20.2 Å². The third-order valence-electron chi connectivity index (χ3n) is 1.08. The van der Waals surface area contributed by atoms with E-state index in [2.05, 4.69) is 6.92 Å². The second kappa shape index (κ2) is 2.25. The molecule has 3 heteroatoms. The van der Waals surface area contributed by atoms with E-state index in [4.69, 9.17) is 5.11 Å². The highest BCUT2D eigenvalue weighted by Gasteiger charge is 2.06. The first-order valence-corrected chi connectivity index (χ1v) is 2.61. The first kappa shape index (κ1) is 6.99. The molecule has 1 aromatic carbocycles. The minimum Gasteiger partial charge on any atom is -0.503 e. The van der Waals surface area contributed by atoms with Gasteiger partial charge in [0.2, 0.25) is 0 Å². The van der Waals surface area contributed by atoms with Crippen LogP contribution in [0.1, 0.15) is 5.56 Å². The van der Waals surface area contributed by atoms with E-state index < -0.39 is 17.4 Å². The molecule has 0 aliphatic carbocycles. The van der Waals surface area contributed by atoms with Gasteiger partial charge in [0.25, 0.3) is 0 Å². The van der Waals surface area contributed by atoms with Crippen LogP contribution in [0.3, 0.4) is 0 Å². The van der Waals surface area contributed by atoms with E-state index in [0.29, 0.717) is 0 Å². The Bertz CT molecular complexity index is 235. The van der Waals surface area contributed by atoms with Crippen LogP contribution < -0.4 is 0 Å². The Morgan fingerprint density at radius 3 is 2.00 bits per heavy atom. The molecule has 0 saturated heterocycles. The van der Waals surface area contributed by atoms with E-state index in [1.165, 1.54) is 0 Å². The maximum Gasteiger partial charge on any atom is 0.187 e. The zero-order valence-corrected chi connectivity index (χ0v) is 5.06. The lowest BCUT2D eigenvalue weighted by molar-refractivity contribution is 0.396. The van der Waals surface area contributed by atoms with Crippen LogP contribution in [0.2, 0.25) is 0 Å². The van der Waals surface area contributed by atoms with Gasteiger partial charge in [-0.2, -0.15) is 0 Å². The summed E-state index contributed by atoms with van der Waals surface area (Å²) in [4.78, 5) is 0. The molecule has 0 saturated carbocycles. The summed E-state index contributed by atoms with van der Waals surface area (Å²) in [7, 11) is 0. The molecule has 1 aromatic rings. The van der Waals surface area contributed by atoms with Crippen LogP contribution in [0.4, 0.5) is 8.78 Å². The van der Waals surface area contributed by atoms with E-state index in [1.54, 1.807) is 0 Å².